The lowest BCUT2D eigenvalue weighted by Gasteiger charge is -2.07. The molecule has 1 N–H and O–H groups in total. The maximum absolute atomic E-state index is 12.0. The van der Waals surface area contributed by atoms with Crippen LogP contribution in [0, 0.1) is 0 Å². The third-order valence-electron chi connectivity index (χ3n) is 3.34. The zero-order valence-electron chi connectivity index (χ0n) is 12.2. The normalized spacial score (nSPS) is 10.6. The van der Waals surface area contributed by atoms with E-state index >= 15 is 0 Å². The van der Waals surface area contributed by atoms with Crippen LogP contribution < -0.4 is 5.32 Å². The molecule has 0 aliphatic rings. The van der Waals surface area contributed by atoms with E-state index in [1.807, 2.05) is 41.9 Å². The number of anilines is 1. The van der Waals surface area contributed by atoms with E-state index in [4.69, 9.17) is 0 Å². The summed E-state index contributed by atoms with van der Waals surface area (Å²) in [4.78, 5) is 20.1. The molecule has 0 unspecified atom stereocenters. The second-order valence-electron chi connectivity index (χ2n) is 4.85. The van der Waals surface area contributed by atoms with Crippen molar-refractivity contribution in [2.45, 2.75) is 13.0 Å². The third-order valence-corrected chi connectivity index (χ3v) is 3.34. The maximum atomic E-state index is 12.0. The number of carbonyl (C=O) groups excluding carboxylic acids is 1. The minimum atomic E-state index is -0.108. The van der Waals surface area contributed by atoms with Gasteiger partial charge in [0, 0.05) is 13.5 Å². The molecule has 0 bridgehead atoms. The monoisotopic (exact) mass is 296 g/mol. The predicted molar refractivity (Wildman–Crippen MR) is 81.9 cm³/mol. The largest absolute Gasteiger partial charge is 0.313 e. The molecule has 1 amide bonds. The van der Waals surface area contributed by atoms with Crippen LogP contribution in [0.3, 0.4) is 0 Å². The molecule has 0 fully saturated rings. The molecule has 7 heteroatoms. The Labute approximate surface area is 127 Å². The van der Waals surface area contributed by atoms with E-state index in [2.05, 4.69) is 20.4 Å². The summed E-state index contributed by atoms with van der Waals surface area (Å²) in [5, 5.41) is 6.78. The molecule has 2 heterocycles. The van der Waals surface area contributed by atoms with Crippen LogP contribution >= 0.6 is 0 Å². The van der Waals surface area contributed by atoms with Crippen molar-refractivity contribution in [3.63, 3.8) is 0 Å². The Hall–Kier alpha value is -2.96. The smallest absolute Gasteiger partial charge is 0.228 e. The van der Waals surface area contributed by atoms with Gasteiger partial charge in [0.15, 0.2) is 0 Å². The number of rotatable bonds is 5. The van der Waals surface area contributed by atoms with Crippen molar-refractivity contribution in [2.24, 2.45) is 7.05 Å². The van der Waals surface area contributed by atoms with E-state index in [0.717, 1.165) is 11.3 Å². The van der Waals surface area contributed by atoms with Crippen molar-refractivity contribution < 1.29 is 4.79 Å². The molecule has 3 rings (SSSR count). The minimum Gasteiger partial charge on any atom is -0.313 e. The van der Waals surface area contributed by atoms with Crippen LogP contribution in [0.25, 0.3) is 11.3 Å². The van der Waals surface area contributed by atoms with Gasteiger partial charge in [0.1, 0.15) is 12.7 Å². The van der Waals surface area contributed by atoms with Gasteiger partial charge in [0.05, 0.1) is 18.4 Å². The quantitative estimate of drug-likeness (QED) is 0.777. The van der Waals surface area contributed by atoms with Crippen molar-refractivity contribution >= 4 is 11.9 Å². The van der Waals surface area contributed by atoms with Crippen LogP contribution in [0.4, 0.5) is 5.95 Å². The van der Waals surface area contributed by atoms with E-state index < -0.39 is 0 Å². The van der Waals surface area contributed by atoms with Gasteiger partial charge in [0.25, 0.3) is 0 Å². The minimum absolute atomic E-state index is 0.108. The second-order valence-corrected chi connectivity index (χ2v) is 4.85. The number of hydrogen-bond acceptors (Lipinski definition) is 4. The molecule has 3 aromatic rings. The van der Waals surface area contributed by atoms with Gasteiger partial charge in [-0.2, -0.15) is 5.10 Å². The Morgan fingerprint density at radius 2 is 2.09 bits per heavy atom. The molecule has 0 radical (unpaired) electrons. The molecule has 0 aliphatic heterocycles. The lowest BCUT2D eigenvalue weighted by atomic mass is 10.2. The van der Waals surface area contributed by atoms with E-state index in [9.17, 15) is 4.79 Å². The number of amides is 1. The summed E-state index contributed by atoms with van der Waals surface area (Å²) in [7, 11) is 1.88. The molecular formula is C15H16N6O. The number of hydrogen-bond donors (Lipinski definition) is 1. The molecule has 2 aromatic heterocycles. The van der Waals surface area contributed by atoms with Crippen LogP contribution in [-0.4, -0.2) is 30.2 Å². The standard InChI is InChI=1S/C15H16N6O/c1-20-13(12-5-3-2-4-6-12)9-17-15(20)19-14(22)7-8-21-11-16-10-18-21/h2-6,9-11H,7-8H2,1H3,(H,17,19,22). The Balaban J connectivity index is 1.66. The molecule has 0 atom stereocenters. The van der Waals surface area contributed by atoms with Crippen molar-refractivity contribution in [3.05, 3.63) is 49.2 Å². The second kappa shape index (κ2) is 6.21. The topological polar surface area (TPSA) is 77.6 Å². The van der Waals surface area contributed by atoms with E-state index in [-0.39, 0.29) is 5.91 Å². The summed E-state index contributed by atoms with van der Waals surface area (Å²) in [5.74, 6) is 0.422. The zero-order valence-corrected chi connectivity index (χ0v) is 12.2. The summed E-state index contributed by atoms with van der Waals surface area (Å²) in [6, 6.07) is 9.92. The van der Waals surface area contributed by atoms with Crippen LogP contribution in [-0.2, 0) is 18.4 Å². The first-order valence-electron chi connectivity index (χ1n) is 6.93. The highest BCUT2D eigenvalue weighted by atomic mass is 16.1. The van der Waals surface area contributed by atoms with Crippen LogP contribution in [0.1, 0.15) is 6.42 Å². The number of nitrogens with one attached hydrogen (secondary N) is 1. The SMILES string of the molecule is Cn1c(-c2ccccc2)cnc1NC(=O)CCn1cncn1. The van der Waals surface area contributed by atoms with E-state index in [1.54, 1.807) is 17.2 Å². The lowest BCUT2D eigenvalue weighted by molar-refractivity contribution is -0.116. The van der Waals surface area contributed by atoms with E-state index in [1.165, 1.54) is 6.33 Å². The van der Waals surface area contributed by atoms with E-state index in [0.29, 0.717) is 18.9 Å². The van der Waals surface area contributed by atoms with Gasteiger partial charge in [-0.1, -0.05) is 30.3 Å². The molecule has 0 aliphatic carbocycles. The fourth-order valence-electron chi connectivity index (χ4n) is 2.15. The Kier molecular flexibility index (Phi) is 3.95. The van der Waals surface area contributed by atoms with Crippen LogP contribution in [0.5, 0.6) is 0 Å². The average Bonchev–Trinajstić information content (AvgIpc) is 3.17. The molecule has 0 saturated carbocycles. The summed E-state index contributed by atoms with van der Waals surface area (Å²) in [5.41, 5.74) is 2.01. The zero-order chi connectivity index (χ0) is 15.4. The number of carbonyl (C=O) groups is 1. The Morgan fingerprint density at radius 1 is 1.27 bits per heavy atom. The summed E-state index contributed by atoms with van der Waals surface area (Å²) < 4.78 is 3.48. The van der Waals surface area contributed by atoms with Crippen molar-refractivity contribution in [3.8, 4) is 11.3 Å². The first-order valence-corrected chi connectivity index (χ1v) is 6.93. The molecule has 7 nitrogen and oxygen atoms in total. The average molecular weight is 296 g/mol. The Bertz CT molecular complexity index is 748. The van der Waals surface area contributed by atoms with Gasteiger partial charge in [-0.3, -0.25) is 14.8 Å². The number of imidazole rings is 1. The summed E-state index contributed by atoms with van der Waals surface area (Å²) in [6.45, 7) is 0.488. The highest BCUT2D eigenvalue weighted by Crippen LogP contribution is 2.21. The molecule has 22 heavy (non-hydrogen) atoms. The fraction of sp³-hybridized carbons (Fsp3) is 0.200. The van der Waals surface area contributed by atoms with Crippen molar-refractivity contribution in [1.82, 2.24) is 24.3 Å². The van der Waals surface area contributed by atoms with Crippen LogP contribution in [0.2, 0.25) is 0 Å². The number of benzene rings is 1. The lowest BCUT2D eigenvalue weighted by Crippen LogP contribution is -2.17. The Morgan fingerprint density at radius 3 is 2.82 bits per heavy atom. The van der Waals surface area contributed by atoms with Crippen LogP contribution in [0.15, 0.2) is 49.2 Å². The van der Waals surface area contributed by atoms with Gasteiger partial charge < -0.3 is 4.57 Å². The highest BCUT2D eigenvalue weighted by molar-refractivity contribution is 5.89. The molecule has 0 saturated heterocycles. The number of nitrogens with zero attached hydrogens (tertiary/aromatic N) is 5. The summed E-state index contributed by atoms with van der Waals surface area (Å²) in [6.07, 6.45) is 5.10. The molecular weight excluding hydrogens is 280 g/mol. The third kappa shape index (κ3) is 3.03. The van der Waals surface area contributed by atoms with Gasteiger partial charge >= 0.3 is 0 Å². The summed E-state index contributed by atoms with van der Waals surface area (Å²) >= 11 is 0. The maximum Gasteiger partial charge on any atom is 0.228 e. The molecule has 0 spiro atoms. The van der Waals surface area contributed by atoms with Gasteiger partial charge in [-0.15, -0.1) is 0 Å². The molecule has 1 aromatic carbocycles. The highest BCUT2D eigenvalue weighted by Gasteiger charge is 2.11. The van der Waals surface area contributed by atoms with Gasteiger partial charge in [0.2, 0.25) is 11.9 Å². The number of aryl methyl sites for hydroxylation is 1. The molecule has 112 valence electrons. The van der Waals surface area contributed by atoms with Gasteiger partial charge in [-0.25, -0.2) is 9.97 Å². The van der Waals surface area contributed by atoms with Gasteiger partial charge in [-0.05, 0) is 5.56 Å². The van der Waals surface area contributed by atoms with Crippen molar-refractivity contribution in [1.29, 1.82) is 0 Å². The fourth-order valence-corrected chi connectivity index (χ4v) is 2.15. The number of aromatic nitrogens is 5. The first-order chi connectivity index (χ1) is 10.7. The van der Waals surface area contributed by atoms with Crippen molar-refractivity contribution in [2.75, 3.05) is 5.32 Å². The predicted octanol–water partition coefficient (Wildman–Crippen LogP) is 1.71. The first kappa shape index (κ1) is 14.0.